The number of halogens is 1. The van der Waals surface area contributed by atoms with Crippen LogP contribution >= 0.6 is 27.3 Å². The van der Waals surface area contributed by atoms with E-state index in [0.29, 0.717) is 40.2 Å². The first-order valence-corrected chi connectivity index (χ1v) is 15.3. The van der Waals surface area contributed by atoms with E-state index in [1.54, 1.807) is 24.3 Å². The number of nitrogens with one attached hydrogen (secondary N) is 1. The number of benzene rings is 2. The molecule has 0 saturated carbocycles. The molecule has 0 atom stereocenters. The second kappa shape index (κ2) is 12.4. The molecule has 3 aromatic rings. The number of carbonyl (C=O) groups is 2. The summed E-state index contributed by atoms with van der Waals surface area (Å²) in [4.78, 5) is 23.1. The molecule has 2 aromatic carbocycles. The Morgan fingerprint density at radius 2 is 1.85 bits per heavy atom. The van der Waals surface area contributed by atoms with Gasteiger partial charge in [-0.15, -0.1) is 11.3 Å². The number of aliphatic carboxylic acids is 1. The standard InChI is InChI=1S/C26H28BrN3O7S2/c27-22-23(37-14-21(31)32)25(26(33)34)38-24(22)17-5-3-6-19(12-17)29-13-16-8-10-30(11-9-16)39(35,36)15-18-4-1-2-7-20(18)28/h1-7,12,16,29H,8-11,13-15,28H2,(H,31,32)(H,33,34). The highest BCUT2D eigenvalue weighted by Crippen LogP contribution is 2.46. The summed E-state index contributed by atoms with van der Waals surface area (Å²) in [6, 6.07) is 14.4. The zero-order chi connectivity index (χ0) is 28.2. The van der Waals surface area contributed by atoms with Crippen LogP contribution in [-0.2, 0) is 20.6 Å². The van der Waals surface area contributed by atoms with E-state index in [1.807, 2.05) is 24.3 Å². The Balaban J connectivity index is 1.37. The van der Waals surface area contributed by atoms with Crippen molar-refractivity contribution >= 4 is 60.6 Å². The predicted octanol–water partition coefficient (Wildman–Crippen LogP) is 4.58. The summed E-state index contributed by atoms with van der Waals surface area (Å²) in [6.45, 7) is 0.889. The Kier molecular flexibility index (Phi) is 9.15. The summed E-state index contributed by atoms with van der Waals surface area (Å²) < 4.78 is 33.0. The zero-order valence-electron chi connectivity index (χ0n) is 20.8. The molecule has 2 heterocycles. The number of para-hydroxylation sites is 1. The third-order valence-corrected chi connectivity index (χ3v) is 10.5. The molecule has 10 nitrogen and oxygen atoms in total. The van der Waals surface area contributed by atoms with Crippen LogP contribution in [0.15, 0.2) is 53.0 Å². The van der Waals surface area contributed by atoms with Gasteiger partial charge in [-0.1, -0.05) is 30.3 Å². The number of thiophene rings is 1. The molecule has 0 amide bonds. The third kappa shape index (κ3) is 7.10. The Morgan fingerprint density at radius 1 is 1.13 bits per heavy atom. The lowest BCUT2D eigenvalue weighted by molar-refractivity contribution is -0.139. The van der Waals surface area contributed by atoms with Crippen molar-refractivity contribution in [3.63, 3.8) is 0 Å². The average molecular weight is 639 g/mol. The van der Waals surface area contributed by atoms with E-state index in [9.17, 15) is 23.1 Å². The van der Waals surface area contributed by atoms with Crippen molar-refractivity contribution in [2.24, 2.45) is 5.92 Å². The number of nitrogen functional groups attached to an aromatic ring is 1. The van der Waals surface area contributed by atoms with Gasteiger partial charge in [-0.25, -0.2) is 22.3 Å². The van der Waals surface area contributed by atoms with Gasteiger partial charge in [0, 0.05) is 31.0 Å². The van der Waals surface area contributed by atoms with Gasteiger partial charge in [-0.2, -0.15) is 0 Å². The first-order valence-electron chi connectivity index (χ1n) is 12.1. The van der Waals surface area contributed by atoms with Gasteiger partial charge in [0.1, 0.15) is 0 Å². The van der Waals surface area contributed by atoms with Crippen molar-refractivity contribution in [3.05, 3.63) is 63.4 Å². The lowest BCUT2D eigenvalue weighted by Crippen LogP contribution is -2.40. The summed E-state index contributed by atoms with van der Waals surface area (Å²) in [6.07, 6.45) is 1.44. The normalized spacial score (nSPS) is 14.7. The van der Waals surface area contributed by atoms with Crippen molar-refractivity contribution in [2.45, 2.75) is 18.6 Å². The van der Waals surface area contributed by atoms with E-state index >= 15 is 0 Å². The lowest BCUT2D eigenvalue weighted by Gasteiger charge is -2.31. The first kappa shape index (κ1) is 28.9. The minimum absolute atomic E-state index is 0.0140. The number of hydrogen-bond acceptors (Lipinski definition) is 8. The molecule has 0 spiro atoms. The minimum Gasteiger partial charge on any atom is -0.479 e. The van der Waals surface area contributed by atoms with Gasteiger partial charge in [0.2, 0.25) is 10.0 Å². The number of carboxylic acids is 2. The number of carboxylic acid groups (broad SMARTS) is 2. The number of nitrogens with zero attached hydrogens (tertiary/aromatic N) is 1. The van der Waals surface area contributed by atoms with E-state index in [4.69, 9.17) is 15.6 Å². The quantitative estimate of drug-likeness (QED) is 0.221. The van der Waals surface area contributed by atoms with Gasteiger partial charge in [0.05, 0.1) is 15.1 Å². The van der Waals surface area contributed by atoms with Crippen molar-refractivity contribution < 1.29 is 33.0 Å². The largest absolute Gasteiger partial charge is 0.479 e. The summed E-state index contributed by atoms with van der Waals surface area (Å²) >= 11 is 4.37. The number of piperidine rings is 1. The number of rotatable bonds is 11. The van der Waals surface area contributed by atoms with Crippen LogP contribution < -0.4 is 15.8 Å². The molecule has 0 radical (unpaired) electrons. The van der Waals surface area contributed by atoms with Crippen LogP contribution in [0.25, 0.3) is 10.4 Å². The highest BCUT2D eigenvalue weighted by Gasteiger charge is 2.29. The second-order valence-corrected chi connectivity index (χ2v) is 12.9. The maximum Gasteiger partial charge on any atom is 0.349 e. The van der Waals surface area contributed by atoms with Gasteiger partial charge in [-0.05, 0) is 64.0 Å². The van der Waals surface area contributed by atoms with Gasteiger partial charge in [0.15, 0.2) is 17.2 Å². The molecule has 1 fully saturated rings. The molecule has 0 bridgehead atoms. The molecule has 1 aliphatic rings. The van der Waals surface area contributed by atoms with E-state index in [-0.39, 0.29) is 22.3 Å². The van der Waals surface area contributed by atoms with E-state index < -0.39 is 28.6 Å². The molecule has 1 saturated heterocycles. The molecule has 0 aliphatic carbocycles. The van der Waals surface area contributed by atoms with Crippen LogP contribution in [0.3, 0.4) is 0 Å². The smallest absolute Gasteiger partial charge is 0.349 e. The van der Waals surface area contributed by atoms with Crippen molar-refractivity contribution in [1.82, 2.24) is 4.31 Å². The molecule has 0 unspecified atom stereocenters. The van der Waals surface area contributed by atoms with Crippen molar-refractivity contribution in [3.8, 4) is 16.2 Å². The molecule has 5 N–H and O–H groups in total. The Labute approximate surface area is 238 Å². The van der Waals surface area contributed by atoms with Crippen LogP contribution in [0.5, 0.6) is 5.75 Å². The Morgan fingerprint density at radius 3 is 2.51 bits per heavy atom. The molecule has 13 heteroatoms. The maximum absolute atomic E-state index is 12.9. The van der Waals surface area contributed by atoms with E-state index in [1.165, 1.54) is 4.31 Å². The van der Waals surface area contributed by atoms with Gasteiger partial charge < -0.3 is 26.0 Å². The number of nitrogens with two attached hydrogens (primary N) is 1. The Bertz CT molecular complexity index is 1470. The number of aromatic carboxylic acids is 1. The monoisotopic (exact) mass is 637 g/mol. The SMILES string of the molecule is Nc1ccccc1CS(=O)(=O)N1CCC(CNc2cccc(-c3sc(C(=O)O)c(OCC(=O)O)c3Br)c2)CC1. The summed E-state index contributed by atoms with van der Waals surface area (Å²) in [5.41, 5.74) is 8.58. The fourth-order valence-corrected chi connectivity index (χ4v) is 7.86. The average Bonchev–Trinajstić information content (AvgIpc) is 3.24. The number of hydrogen-bond donors (Lipinski definition) is 4. The predicted molar refractivity (Wildman–Crippen MR) is 154 cm³/mol. The number of sulfonamides is 1. The summed E-state index contributed by atoms with van der Waals surface area (Å²) in [5.74, 6) is -2.26. The maximum atomic E-state index is 12.9. The molecule has 1 aliphatic heterocycles. The molecular weight excluding hydrogens is 610 g/mol. The highest BCUT2D eigenvalue weighted by atomic mass is 79.9. The Hall–Kier alpha value is -3.13. The fourth-order valence-electron chi connectivity index (χ4n) is 4.36. The van der Waals surface area contributed by atoms with Gasteiger partial charge in [0.25, 0.3) is 0 Å². The minimum atomic E-state index is -3.46. The van der Waals surface area contributed by atoms with Crippen LogP contribution in [0.1, 0.15) is 28.1 Å². The lowest BCUT2D eigenvalue weighted by atomic mass is 9.98. The second-order valence-electron chi connectivity index (χ2n) is 9.15. The number of anilines is 2. The highest BCUT2D eigenvalue weighted by molar-refractivity contribution is 9.10. The van der Waals surface area contributed by atoms with Crippen LogP contribution in [0.2, 0.25) is 0 Å². The van der Waals surface area contributed by atoms with Crippen LogP contribution in [-0.4, -0.2) is 61.1 Å². The molecule has 1 aromatic heterocycles. The molecule has 208 valence electrons. The zero-order valence-corrected chi connectivity index (χ0v) is 24.0. The van der Waals surface area contributed by atoms with E-state index in [0.717, 1.165) is 35.4 Å². The first-order chi connectivity index (χ1) is 18.5. The van der Waals surface area contributed by atoms with Gasteiger partial charge >= 0.3 is 11.9 Å². The molecule has 4 rings (SSSR count). The van der Waals surface area contributed by atoms with Crippen LogP contribution in [0.4, 0.5) is 11.4 Å². The van der Waals surface area contributed by atoms with Crippen molar-refractivity contribution in [2.75, 3.05) is 37.3 Å². The van der Waals surface area contributed by atoms with Gasteiger partial charge in [-0.3, -0.25) is 0 Å². The van der Waals surface area contributed by atoms with Crippen molar-refractivity contribution in [1.29, 1.82) is 0 Å². The topological polar surface area (TPSA) is 159 Å². The molecular formula is C26H28BrN3O7S2. The summed E-state index contributed by atoms with van der Waals surface area (Å²) in [5, 5.41) is 21.9. The fraction of sp³-hybridized carbons (Fsp3) is 0.308. The molecule has 39 heavy (non-hydrogen) atoms. The van der Waals surface area contributed by atoms with Crippen LogP contribution in [0, 0.1) is 5.92 Å². The van der Waals surface area contributed by atoms with E-state index in [2.05, 4.69) is 21.2 Å². The number of ether oxygens (including phenoxy) is 1. The third-order valence-electron chi connectivity index (χ3n) is 6.42. The summed E-state index contributed by atoms with van der Waals surface area (Å²) in [7, 11) is -3.46.